The summed E-state index contributed by atoms with van der Waals surface area (Å²) in [5.41, 5.74) is 0.462. The number of ether oxygens (including phenoxy) is 1. The van der Waals surface area contributed by atoms with E-state index < -0.39 is 21.7 Å². The monoisotopic (exact) mass is 449 g/mol. The number of methoxy groups -OCH3 is 1. The quantitative estimate of drug-likeness (QED) is 0.361. The Hall–Kier alpha value is -1.80. The zero-order valence-corrected chi connectivity index (χ0v) is 17.0. The van der Waals surface area contributed by atoms with Crippen LogP contribution in [-0.2, 0) is 0 Å². The molecule has 1 atom stereocenters. The van der Waals surface area contributed by atoms with Gasteiger partial charge in [-0.2, -0.15) is 0 Å². The van der Waals surface area contributed by atoms with Crippen LogP contribution in [0.15, 0.2) is 48.5 Å². The molecular formula is C17H15Cl3FN3O2S. The van der Waals surface area contributed by atoms with E-state index in [1.807, 2.05) is 0 Å². The molecule has 5 nitrogen and oxygen atoms in total. The lowest BCUT2D eigenvalue weighted by molar-refractivity contribution is 0.0930. The second-order valence-corrected chi connectivity index (χ2v) is 8.03. The lowest BCUT2D eigenvalue weighted by Gasteiger charge is -2.27. The highest BCUT2D eigenvalue weighted by molar-refractivity contribution is 7.80. The fourth-order valence-electron chi connectivity index (χ4n) is 2.03. The van der Waals surface area contributed by atoms with Gasteiger partial charge < -0.3 is 20.7 Å². The van der Waals surface area contributed by atoms with E-state index in [9.17, 15) is 9.18 Å². The summed E-state index contributed by atoms with van der Waals surface area (Å²) in [6.07, 6.45) is -1.21. The van der Waals surface area contributed by atoms with Gasteiger partial charge in [0, 0.05) is 5.69 Å². The zero-order chi connectivity index (χ0) is 20.0. The number of amides is 1. The van der Waals surface area contributed by atoms with Crippen molar-refractivity contribution < 1.29 is 13.9 Å². The minimum atomic E-state index is -1.95. The van der Waals surface area contributed by atoms with Crippen molar-refractivity contribution in [2.24, 2.45) is 0 Å². The van der Waals surface area contributed by atoms with Gasteiger partial charge in [0.25, 0.3) is 5.91 Å². The molecule has 0 spiro atoms. The predicted octanol–water partition coefficient (Wildman–Crippen LogP) is 4.25. The van der Waals surface area contributed by atoms with Gasteiger partial charge in [0.2, 0.25) is 3.79 Å². The summed E-state index contributed by atoms with van der Waals surface area (Å²) in [7, 11) is 1.55. The van der Waals surface area contributed by atoms with Crippen molar-refractivity contribution in [1.29, 1.82) is 0 Å². The van der Waals surface area contributed by atoms with Gasteiger partial charge in [0.05, 0.1) is 12.7 Å². The number of anilines is 1. The third-order valence-electron chi connectivity index (χ3n) is 3.34. The van der Waals surface area contributed by atoms with Gasteiger partial charge in [-0.05, 0) is 48.6 Å². The lowest BCUT2D eigenvalue weighted by Crippen LogP contribution is -2.56. The Labute approximate surface area is 176 Å². The number of hydrogen-bond acceptors (Lipinski definition) is 3. The van der Waals surface area contributed by atoms with Crippen LogP contribution in [0.25, 0.3) is 0 Å². The highest BCUT2D eigenvalue weighted by atomic mass is 35.6. The molecule has 3 N–H and O–H groups in total. The SMILES string of the molecule is COc1ccc(NC(=S)N[C@@H](NC(=O)c2ccccc2F)C(Cl)(Cl)Cl)cc1. The third-order valence-corrected chi connectivity index (χ3v) is 4.22. The molecule has 0 aliphatic carbocycles. The predicted molar refractivity (Wildman–Crippen MR) is 110 cm³/mol. The summed E-state index contributed by atoms with van der Waals surface area (Å²) in [6, 6.07) is 12.4. The number of thiocarbonyl (C=S) groups is 1. The van der Waals surface area contributed by atoms with Crippen LogP contribution in [0.1, 0.15) is 10.4 Å². The second kappa shape index (κ2) is 9.41. The number of benzene rings is 2. The summed E-state index contributed by atoms with van der Waals surface area (Å²) in [5.74, 6) is -0.781. The van der Waals surface area contributed by atoms with E-state index in [0.29, 0.717) is 11.4 Å². The minimum Gasteiger partial charge on any atom is -0.497 e. The van der Waals surface area contributed by atoms with Crippen LogP contribution in [0.3, 0.4) is 0 Å². The molecule has 0 bridgehead atoms. The summed E-state index contributed by atoms with van der Waals surface area (Å²) in [6.45, 7) is 0. The maximum absolute atomic E-state index is 13.8. The van der Waals surface area contributed by atoms with Gasteiger partial charge in [0.15, 0.2) is 5.11 Å². The molecule has 2 aromatic rings. The van der Waals surface area contributed by atoms with Gasteiger partial charge >= 0.3 is 0 Å². The Morgan fingerprint density at radius 2 is 1.74 bits per heavy atom. The van der Waals surface area contributed by atoms with E-state index in [0.717, 1.165) is 6.07 Å². The lowest BCUT2D eigenvalue weighted by atomic mass is 10.2. The first-order chi connectivity index (χ1) is 12.7. The number of carbonyl (C=O) groups excluding carboxylic acids is 1. The number of hydrogen-bond donors (Lipinski definition) is 3. The molecule has 27 heavy (non-hydrogen) atoms. The summed E-state index contributed by atoms with van der Waals surface area (Å²) < 4.78 is 16.9. The highest BCUT2D eigenvalue weighted by Gasteiger charge is 2.35. The highest BCUT2D eigenvalue weighted by Crippen LogP contribution is 2.29. The van der Waals surface area contributed by atoms with Crippen molar-refractivity contribution in [3.05, 3.63) is 59.9 Å². The average molecular weight is 451 g/mol. The molecule has 0 heterocycles. The van der Waals surface area contributed by atoms with Crippen LogP contribution in [0.5, 0.6) is 5.75 Å². The van der Waals surface area contributed by atoms with Crippen molar-refractivity contribution in [2.45, 2.75) is 9.96 Å². The topological polar surface area (TPSA) is 62.4 Å². The molecule has 10 heteroatoms. The van der Waals surface area contributed by atoms with Crippen LogP contribution in [0, 0.1) is 5.82 Å². The Morgan fingerprint density at radius 1 is 1.11 bits per heavy atom. The molecule has 2 aromatic carbocycles. The van der Waals surface area contributed by atoms with Crippen molar-refractivity contribution in [3.8, 4) is 5.75 Å². The fraction of sp³-hybridized carbons (Fsp3) is 0.176. The first-order valence-corrected chi connectivity index (χ1v) is 9.08. The minimum absolute atomic E-state index is 0.0883. The number of rotatable bonds is 5. The number of halogens is 4. The van der Waals surface area contributed by atoms with Crippen molar-refractivity contribution in [1.82, 2.24) is 10.6 Å². The Kier molecular flexibility index (Phi) is 7.49. The van der Waals surface area contributed by atoms with Gasteiger partial charge in [-0.3, -0.25) is 4.79 Å². The molecule has 2 rings (SSSR count). The van der Waals surface area contributed by atoms with Crippen molar-refractivity contribution >= 4 is 63.7 Å². The fourth-order valence-corrected chi connectivity index (χ4v) is 2.59. The third kappa shape index (κ3) is 6.39. The zero-order valence-electron chi connectivity index (χ0n) is 13.9. The van der Waals surface area contributed by atoms with Gasteiger partial charge in [0.1, 0.15) is 17.7 Å². The van der Waals surface area contributed by atoms with Gasteiger partial charge in [-0.1, -0.05) is 46.9 Å². The summed E-state index contributed by atoms with van der Waals surface area (Å²) in [5, 5.41) is 8.08. The summed E-state index contributed by atoms with van der Waals surface area (Å²) in [4.78, 5) is 12.3. The van der Waals surface area contributed by atoms with E-state index in [1.165, 1.54) is 18.2 Å². The molecule has 0 radical (unpaired) electrons. The van der Waals surface area contributed by atoms with E-state index in [1.54, 1.807) is 31.4 Å². The van der Waals surface area contributed by atoms with Crippen molar-refractivity contribution in [3.63, 3.8) is 0 Å². The van der Waals surface area contributed by atoms with E-state index in [2.05, 4.69) is 16.0 Å². The van der Waals surface area contributed by atoms with Crippen LogP contribution in [0.2, 0.25) is 0 Å². The molecule has 0 aromatic heterocycles. The largest absolute Gasteiger partial charge is 0.497 e. The molecule has 0 aliphatic rings. The first kappa shape index (κ1) is 21.5. The molecule has 0 aliphatic heterocycles. The smallest absolute Gasteiger partial charge is 0.255 e. The molecular weight excluding hydrogens is 436 g/mol. The molecule has 0 saturated heterocycles. The van der Waals surface area contributed by atoms with Crippen LogP contribution >= 0.6 is 47.0 Å². The van der Waals surface area contributed by atoms with E-state index in [-0.39, 0.29) is 10.7 Å². The molecule has 144 valence electrons. The van der Waals surface area contributed by atoms with Crippen LogP contribution in [-0.4, -0.2) is 28.1 Å². The molecule has 0 saturated carbocycles. The number of alkyl halides is 3. The molecule has 1 amide bonds. The van der Waals surface area contributed by atoms with E-state index >= 15 is 0 Å². The van der Waals surface area contributed by atoms with Crippen molar-refractivity contribution in [2.75, 3.05) is 12.4 Å². The van der Waals surface area contributed by atoms with Gasteiger partial charge in [-0.15, -0.1) is 0 Å². The van der Waals surface area contributed by atoms with E-state index in [4.69, 9.17) is 51.8 Å². The molecule has 0 unspecified atom stereocenters. The van der Waals surface area contributed by atoms with Crippen LogP contribution < -0.4 is 20.7 Å². The number of nitrogens with one attached hydrogen (secondary N) is 3. The maximum Gasteiger partial charge on any atom is 0.255 e. The number of carbonyl (C=O) groups is 1. The Bertz CT molecular complexity index is 816. The Balaban J connectivity index is 2.06. The maximum atomic E-state index is 13.8. The first-order valence-electron chi connectivity index (χ1n) is 7.54. The Morgan fingerprint density at radius 3 is 2.30 bits per heavy atom. The van der Waals surface area contributed by atoms with Gasteiger partial charge in [-0.25, -0.2) is 4.39 Å². The van der Waals surface area contributed by atoms with Crippen LogP contribution in [0.4, 0.5) is 10.1 Å². The summed E-state index contributed by atoms with van der Waals surface area (Å²) >= 11 is 22.9. The average Bonchev–Trinajstić information content (AvgIpc) is 2.61. The molecule has 0 fully saturated rings. The second-order valence-electron chi connectivity index (χ2n) is 5.25. The normalized spacial score (nSPS) is 12.0. The standard InChI is InChI=1S/C17H15Cl3FN3O2S/c1-26-11-8-6-10(7-9-11)22-16(27)24-15(17(18,19)20)23-14(25)12-4-2-3-5-13(12)21/h2-9,15H,1H3,(H,23,25)(H2,22,24,27)/t15-/m1/s1.